The van der Waals surface area contributed by atoms with Gasteiger partial charge in [0.05, 0.1) is 17.6 Å². The van der Waals surface area contributed by atoms with Crippen molar-refractivity contribution in [2.75, 3.05) is 13.7 Å². The van der Waals surface area contributed by atoms with Crippen LogP contribution in [0.25, 0.3) is 0 Å². The molecule has 5 heteroatoms. The predicted octanol–water partition coefficient (Wildman–Crippen LogP) is 5.46. The van der Waals surface area contributed by atoms with Crippen LogP contribution in [0.4, 0.5) is 0 Å². The Morgan fingerprint density at radius 1 is 1.19 bits per heavy atom. The van der Waals surface area contributed by atoms with Gasteiger partial charge in [0.2, 0.25) is 0 Å². The zero-order chi connectivity index (χ0) is 15.4. The van der Waals surface area contributed by atoms with Crippen LogP contribution in [0.2, 0.25) is 10.0 Å². The van der Waals surface area contributed by atoms with E-state index >= 15 is 0 Å². The van der Waals surface area contributed by atoms with Crippen LogP contribution in [0.5, 0.6) is 5.75 Å². The molecule has 0 amide bonds. The van der Waals surface area contributed by atoms with Crippen molar-refractivity contribution in [1.82, 2.24) is 5.32 Å². The molecule has 21 heavy (non-hydrogen) atoms. The normalized spacial score (nSPS) is 12.2. The summed E-state index contributed by atoms with van der Waals surface area (Å²) in [5.74, 6) is 0.802. The summed E-state index contributed by atoms with van der Waals surface area (Å²) in [5.41, 5.74) is 2.11. The smallest absolute Gasteiger partial charge is 0.133 e. The van der Waals surface area contributed by atoms with Gasteiger partial charge in [0.1, 0.15) is 5.75 Å². The van der Waals surface area contributed by atoms with E-state index in [2.05, 4.69) is 28.2 Å². The van der Waals surface area contributed by atoms with E-state index in [0.29, 0.717) is 10.0 Å². The molecule has 0 bridgehead atoms. The number of benzene rings is 2. The lowest BCUT2D eigenvalue weighted by molar-refractivity contribution is 0.412. The maximum absolute atomic E-state index is 6.35. The molecule has 0 saturated heterocycles. The monoisotopic (exact) mass is 387 g/mol. The second kappa shape index (κ2) is 7.50. The molecule has 2 aromatic rings. The number of ether oxygens (including phenoxy) is 1. The van der Waals surface area contributed by atoms with E-state index in [1.54, 1.807) is 13.2 Å². The second-order valence-electron chi connectivity index (χ2n) is 4.55. The number of halogens is 3. The third-order valence-electron chi connectivity index (χ3n) is 3.19. The molecule has 0 spiro atoms. The summed E-state index contributed by atoms with van der Waals surface area (Å²) in [6.45, 7) is 2.89. The van der Waals surface area contributed by atoms with E-state index in [1.165, 1.54) is 0 Å². The Morgan fingerprint density at radius 3 is 2.52 bits per heavy atom. The zero-order valence-corrected chi connectivity index (χ0v) is 14.9. The van der Waals surface area contributed by atoms with Crippen molar-refractivity contribution in [2.24, 2.45) is 0 Å². The van der Waals surface area contributed by atoms with Crippen molar-refractivity contribution >= 4 is 39.1 Å². The Bertz CT molecular complexity index is 634. The number of methoxy groups -OCH3 is 1. The van der Waals surface area contributed by atoms with Crippen LogP contribution < -0.4 is 10.1 Å². The molecule has 0 heterocycles. The number of rotatable bonds is 5. The van der Waals surface area contributed by atoms with Gasteiger partial charge in [0.25, 0.3) is 0 Å². The molecule has 2 aromatic carbocycles. The standard InChI is InChI=1S/C16H16BrCl2NO/c1-3-20-16(12-6-5-11(18)9-14(12)19)10-4-7-15(21-2)13(17)8-10/h4-9,16,20H,3H2,1-2H3. The van der Waals surface area contributed by atoms with Gasteiger partial charge < -0.3 is 10.1 Å². The van der Waals surface area contributed by atoms with Gasteiger partial charge in [0, 0.05) is 10.0 Å². The highest BCUT2D eigenvalue weighted by atomic mass is 79.9. The summed E-state index contributed by atoms with van der Waals surface area (Å²) >= 11 is 15.9. The molecule has 0 radical (unpaired) electrons. The van der Waals surface area contributed by atoms with Crippen molar-refractivity contribution in [3.8, 4) is 5.75 Å². The Balaban J connectivity index is 2.45. The number of hydrogen-bond donors (Lipinski definition) is 1. The van der Waals surface area contributed by atoms with Gasteiger partial charge in [-0.3, -0.25) is 0 Å². The lowest BCUT2D eigenvalue weighted by atomic mass is 9.98. The van der Waals surface area contributed by atoms with Gasteiger partial charge in [-0.15, -0.1) is 0 Å². The third-order valence-corrected chi connectivity index (χ3v) is 4.37. The van der Waals surface area contributed by atoms with Gasteiger partial charge in [-0.1, -0.05) is 42.3 Å². The Hall–Kier alpha value is -0.740. The molecule has 0 aliphatic carbocycles. The summed E-state index contributed by atoms with van der Waals surface area (Å²) in [5, 5.41) is 4.74. The minimum Gasteiger partial charge on any atom is -0.496 e. The minimum atomic E-state index is 0.00183. The van der Waals surface area contributed by atoms with Crippen LogP contribution in [0.1, 0.15) is 24.1 Å². The molecule has 0 aliphatic heterocycles. The highest BCUT2D eigenvalue weighted by Gasteiger charge is 2.17. The first-order valence-corrected chi connectivity index (χ1v) is 8.13. The molecule has 2 nitrogen and oxygen atoms in total. The molecule has 0 saturated carbocycles. The summed E-state index contributed by atoms with van der Waals surface area (Å²) < 4.78 is 6.19. The first-order valence-electron chi connectivity index (χ1n) is 6.58. The molecule has 1 N–H and O–H groups in total. The molecule has 112 valence electrons. The van der Waals surface area contributed by atoms with Gasteiger partial charge in [0.15, 0.2) is 0 Å². The average molecular weight is 389 g/mol. The Labute approximate surface area is 143 Å². The first-order chi connectivity index (χ1) is 10.1. The molecule has 0 aliphatic rings. The van der Waals surface area contributed by atoms with Crippen molar-refractivity contribution in [3.63, 3.8) is 0 Å². The Kier molecular flexibility index (Phi) is 5.94. The fraction of sp³-hybridized carbons (Fsp3) is 0.250. The second-order valence-corrected chi connectivity index (χ2v) is 6.25. The van der Waals surface area contributed by atoms with Crippen molar-refractivity contribution in [2.45, 2.75) is 13.0 Å². The molecule has 1 atom stereocenters. The van der Waals surface area contributed by atoms with Gasteiger partial charge in [-0.05, 0) is 57.9 Å². The van der Waals surface area contributed by atoms with Crippen LogP contribution >= 0.6 is 39.1 Å². The third kappa shape index (κ3) is 3.92. The summed E-state index contributed by atoms with van der Waals surface area (Å²) in [6.07, 6.45) is 0. The van der Waals surface area contributed by atoms with Crippen LogP contribution in [-0.4, -0.2) is 13.7 Å². The number of hydrogen-bond acceptors (Lipinski definition) is 2. The quantitative estimate of drug-likeness (QED) is 0.733. The fourth-order valence-corrected chi connectivity index (χ4v) is 3.29. The maximum atomic E-state index is 6.35. The summed E-state index contributed by atoms with van der Waals surface area (Å²) in [4.78, 5) is 0. The summed E-state index contributed by atoms with van der Waals surface area (Å²) in [7, 11) is 1.65. The molecular formula is C16H16BrCl2NO. The van der Waals surface area contributed by atoms with Crippen molar-refractivity contribution in [3.05, 3.63) is 62.0 Å². The Morgan fingerprint density at radius 2 is 1.95 bits per heavy atom. The van der Waals surface area contributed by atoms with Crippen molar-refractivity contribution in [1.29, 1.82) is 0 Å². The van der Waals surface area contributed by atoms with Crippen LogP contribution in [0.15, 0.2) is 40.9 Å². The first kappa shape index (κ1) is 16.6. The van der Waals surface area contributed by atoms with Gasteiger partial charge in [-0.25, -0.2) is 0 Å². The molecule has 0 fully saturated rings. The van der Waals surface area contributed by atoms with E-state index in [4.69, 9.17) is 27.9 Å². The highest BCUT2D eigenvalue weighted by Crippen LogP contribution is 2.34. The fourth-order valence-electron chi connectivity index (χ4n) is 2.21. The molecular weight excluding hydrogens is 373 g/mol. The summed E-state index contributed by atoms with van der Waals surface area (Å²) in [6, 6.07) is 11.6. The van der Waals surface area contributed by atoms with Crippen LogP contribution in [-0.2, 0) is 0 Å². The lowest BCUT2D eigenvalue weighted by Crippen LogP contribution is -2.22. The van der Waals surface area contributed by atoms with E-state index in [0.717, 1.165) is 27.9 Å². The highest BCUT2D eigenvalue weighted by molar-refractivity contribution is 9.10. The molecule has 2 rings (SSSR count). The van der Waals surface area contributed by atoms with E-state index in [-0.39, 0.29) is 6.04 Å². The van der Waals surface area contributed by atoms with E-state index in [1.807, 2.05) is 30.3 Å². The molecule has 0 aromatic heterocycles. The van der Waals surface area contributed by atoms with E-state index in [9.17, 15) is 0 Å². The van der Waals surface area contributed by atoms with Gasteiger partial charge in [-0.2, -0.15) is 0 Å². The topological polar surface area (TPSA) is 21.3 Å². The average Bonchev–Trinajstić information content (AvgIpc) is 2.45. The lowest BCUT2D eigenvalue weighted by Gasteiger charge is -2.21. The number of nitrogens with one attached hydrogen (secondary N) is 1. The van der Waals surface area contributed by atoms with E-state index < -0.39 is 0 Å². The minimum absolute atomic E-state index is 0.00183. The molecule has 1 unspecified atom stereocenters. The predicted molar refractivity (Wildman–Crippen MR) is 92.7 cm³/mol. The van der Waals surface area contributed by atoms with Crippen LogP contribution in [0.3, 0.4) is 0 Å². The van der Waals surface area contributed by atoms with Gasteiger partial charge >= 0.3 is 0 Å². The zero-order valence-electron chi connectivity index (χ0n) is 11.8. The SMILES string of the molecule is CCNC(c1ccc(OC)c(Br)c1)c1ccc(Cl)cc1Cl. The maximum Gasteiger partial charge on any atom is 0.133 e. The largest absolute Gasteiger partial charge is 0.496 e. The van der Waals surface area contributed by atoms with Crippen LogP contribution in [0, 0.1) is 0 Å². The van der Waals surface area contributed by atoms with Crippen molar-refractivity contribution < 1.29 is 4.74 Å².